The fourth-order valence-electron chi connectivity index (χ4n) is 3.64. The van der Waals surface area contributed by atoms with Gasteiger partial charge in [0.05, 0.1) is 5.75 Å². The maximum atomic E-state index is 13.7. The molecule has 28 heavy (non-hydrogen) atoms. The summed E-state index contributed by atoms with van der Waals surface area (Å²) in [6.07, 6.45) is 3.68. The number of nitrogens with one attached hydrogen (secondary N) is 2. The molecule has 1 aromatic rings. The van der Waals surface area contributed by atoms with Gasteiger partial charge in [-0.15, -0.1) is 0 Å². The Hall–Kier alpha value is -1.67. The molecule has 1 aliphatic heterocycles. The molecule has 2 N–H and O–H groups in total. The van der Waals surface area contributed by atoms with E-state index in [0.717, 1.165) is 19.6 Å². The second-order valence-electron chi connectivity index (χ2n) is 7.84. The van der Waals surface area contributed by atoms with E-state index in [1.54, 1.807) is 7.05 Å². The van der Waals surface area contributed by atoms with Crippen LogP contribution in [0.2, 0.25) is 0 Å². The largest absolute Gasteiger partial charge is 0.355 e. The monoisotopic (exact) mass is 412 g/mol. The maximum Gasteiger partial charge on any atom is 0.191 e. The Balaban J connectivity index is 1.99. The van der Waals surface area contributed by atoms with Gasteiger partial charge < -0.3 is 10.6 Å². The second-order valence-corrected chi connectivity index (χ2v) is 9.98. The lowest BCUT2D eigenvalue weighted by molar-refractivity contribution is 0.192. The highest BCUT2D eigenvalue weighted by Crippen LogP contribution is 2.17. The lowest BCUT2D eigenvalue weighted by Gasteiger charge is -2.31. The van der Waals surface area contributed by atoms with E-state index in [1.165, 1.54) is 37.3 Å². The van der Waals surface area contributed by atoms with Crippen molar-refractivity contribution in [2.45, 2.75) is 45.0 Å². The van der Waals surface area contributed by atoms with E-state index in [9.17, 15) is 12.8 Å². The lowest BCUT2D eigenvalue weighted by atomic mass is 10.0. The van der Waals surface area contributed by atoms with Gasteiger partial charge >= 0.3 is 0 Å². The number of rotatable bonds is 8. The molecule has 1 heterocycles. The van der Waals surface area contributed by atoms with E-state index in [-0.39, 0.29) is 11.6 Å². The Morgan fingerprint density at radius 2 is 1.89 bits per heavy atom. The van der Waals surface area contributed by atoms with Crippen LogP contribution in [0.3, 0.4) is 0 Å². The molecule has 158 valence electrons. The number of aliphatic imine (C=N–C) groups is 1. The molecule has 1 saturated heterocycles. The van der Waals surface area contributed by atoms with Crippen molar-refractivity contribution in [3.8, 4) is 0 Å². The van der Waals surface area contributed by atoms with Crippen LogP contribution in [-0.2, 0) is 22.1 Å². The van der Waals surface area contributed by atoms with Crippen LogP contribution >= 0.6 is 0 Å². The highest BCUT2D eigenvalue weighted by atomic mass is 32.2. The third kappa shape index (κ3) is 7.05. The average Bonchev–Trinajstić information content (AvgIpc) is 3.12. The molecule has 0 amide bonds. The molecule has 1 unspecified atom stereocenters. The summed E-state index contributed by atoms with van der Waals surface area (Å²) >= 11 is 0. The van der Waals surface area contributed by atoms with Crippen molar-refractivity contribution in [1.29, 1.82) is 0 Å². The summed E-state index contributed by atoms with van der Waals surface area (Å²) < 4.78 is 37.0. The number of likely N-dealkylation sites (tertiary alicyclic amines) is 1. The summed E-state index contributed by atoms with van der Waals surface area (Å²) in [6.45, 7) is 7.80. The number of nitrogens with zero attached hydrogens (tertiary/aromatic N) is 2. The zero-order valence-corrected chi connectivity index (χ0v) is 18.2. The summed E-state index contributed by atoms with van der Waals surface area (Å²) in [5.74, 6) is 0.652. The van der Waals surface area contributed by atoms with Crippen LogP contribution in [0, 0.1) is 11.7 Å². The van der Waals surface area contributed by atoms with Crippen molar-refractivity contribution in [3.63, 3.8) is 0 Å². The van der Waals surface area contributed by atoms with Gasteiger partial charge in [-0.2, -0.15) is 0 Å². The van der Waals surface area contributed by atoms with E-state index in [1.807, 2.05) is 0 Å². The molecule has 0 spiro atoms. The first-order valence-corrected chi connectivity index (χ1v) is 11.9. The van der Waals surface area contributed by atoms with Gasteiger partial charge in [0, 0.05) is 32.4 Å². The summed E-state index contributed by atoms with van der Waals surface area (Å²) in [5.41, 5.74) is 1.22. The Morgan fingerprint density at radius 3 is 2.46 bits per heavy atom. The third-order valence-corrected chi connectivity index (χ3v) is 5.95. The molecule has 1 aliphatic rings. The minimum absolute atomic E-state index is 0.110. The van der Waals surface area contributed by atoms with Crippen molar-refractivity contribution in [3.05, 3.63) is 35.1 Å². The molecule has 0 aliphatic carbocycles. The van der Waals surface area contributed by atoms with Gasteiger partial charge in [0.1, 0.15) is 5.82 Å². The molecule has 1 atom stereocenters. The first-order valence-electron chi connectivity index (χ1n) is 9.83. The molecular weight excluding hydrogens is 379 g/mol. The Kier molecular flexibility index (Phi) is 8.24. The molecule has 2 rings (SSSR count). The van der Waals surface area contributed by atoms with E-state index in [2.05, 4.69) is 34.4 Å². The third-order valence-electron chi connectivity index (χ3n) is 5.11. The molecule has 1 aromatic carbocycles. The predicted octanol–water partition coefficient (Wildman–Crippen LogP) is 2.16. The van der Waals surface area contributed by atoms with Crippen molar-refractivity contribution in [1.82, 2.24) is 15.5 Å². The number of hydrogen-bond acceptors (Lipinski definition) is 4. The van der Waals surface area contributed by atoms with E-state index in [0.29, 0.717) is 35.6 Å². The highest BCUT2D eigenvalue weighted by Gasteiger charge is 2.24. The standard InChI is InChI=1S/C20H33FN4O2S/c1-15(2)19(25-9-5-6-10-25)13-24-20(22-3)23-12-17-11-18(21)8-7-16(17)14-28(4,26)27/h7-8,11,15,19H,5-6,9-10,12-14H2,1-4H3,(H2,22,23,24). The minimum atomic E-state index is -3.20. The highest BCUT2D eigenvalue weighted by molar-refractivity contribution is 7.89. The van der Waals surface area contributed by atoms with Crippen LogP contribution in [0.5, 0.6) is 0 Å². The van der Waals surface area contributed by atoms with Crippen molar-refractivity contribution in [2.24, 2.45) is 10.9 Å². The minimum Gasteiger partial charge on any atom is -0.355 e. The Morgan fingerprint density at radius 1 is 1.21 bits per heavy atom. The van der Waals surface area contributed by atoms with E-state index < -0.39 is 9.84 Å². The molecule has 0 aromatic heterocycles. The molecule has 0 bridgehead atoms. The smallest absolute Gasteiger partial charge is 0.191 e. The van der Waals surface area contributed by atoms with Crippen molar-refractivity contribution < 1.29 is 12.8 Å². The summed E-state index contributed by atoms with van der Waals surface area (Å²) in [5, 5.41) is 6.55. The summed E-state index contributed by atoms with van der Waals surface area (Å²) in [6, 6.07) is 4.63. The van der Waals surface area contributed by atoms with Crippen LogP contribution in [0.1, 0.15) is 37.8 Å². The molecule has 6 nitrogen and oxygen atoms in total. The number of benzene rings is 1. The SMILES string of the molecule is CN=C(NCc1cc(F)ccc1CS(C)(=O)=O)NCC(C(C)C)N1CCCC1. The number of hydrogen-bond donors (Lipinski definition) is 2. The van der Waals surface area contributed by atoms with Crippen LogP contribution in [0.15, 0.2) is 23.2 Å². The summed E-state index contributed by atoms with van der Waals surface area (Å²) in [4.78, 5) is 6.77. The van der Waals surface area contributed by atoms with Gasteiger partial charge in [0.2, 0.25) is 0 Å². The molecule has 0 radical (unpaired) electrons. The second kappa shape index (κ2) is 10.2. The van der Waals surface area contributed by atoms with Crippen molar-refractivity contribution in [2.75, 3.05) is 32.9 Å². The number of halogens is 1. The Labute approximate surface area is 168 Å². The molecular formula is C20H33FN4O2S. The number of sulfone groups is 1. The molecule has 0 saturated carbocycles. The van der Waals surface area contributed by atoms with Crippen LogP contribution < -0.4 is 10.6 Å². The Bertz CT molecular complexity index is 774. The average molecular weight is 413 g/mol. The van der Waals surface area contributed by atoms with Crippen LogP contribution in [0.25, 0.3) is 0 Å². The van der Waals surface area contributed by atoms with Gasteiger partial charge in [-0.25, -0.2) is 12.8 Å². The normalized spacial score (nSPS) is 17.1. The quantitative estimate of drug-likeness (QED) is 0.506. The molecule has 8 heteroatoms. The first kappa shape index (κ1) is 22.6. The topological polar surface area (TPSA) is 73.8 Å². The zero-order valence-electron chi connectivity index (χ0n) is 17.3. The van der Waals surface area contributed by atoms with E-state index in [4.69, 9.17) is 0 Å². The fraction of sp³-hybridized carbons (Fsp3) is 0.650. The lowest BCUT2D eigenvalue weighted by Crippen LogP contribution is -2.48. The first-order chi connectivity index (χ1) is 13.2. The number of guanidine groups is 1. The van der Waals surface area contributed by atoms with Gasteiger partial charge in [-0.1, -0.05) is 19.9 Å². The predicted molar refractivity (Wildman–Crippen MR) is 113 cm³/mol. The summed E-state index contributed by atoms with van der Waals surface area (Å²) in [7, 11) is -1.51. The fourth-order valence-corrected chi connectivity index (χ4v) is 4.49. The van der Waals surface area contributed by atoms with Crippen LogP contribution in [0.4, 0.5) is 4.39 Å². The van der Waals surface area contributed by atoms with E-state index >= 15 is 0 Å². The van der Waals surface area contributed by atoms with Gasteiger partial charge in [-0.3, -0.25) is 9.89 Å². The van der Waals surface area contributed by atoms with Gasteiger partial charge in [0.25, 0.3) is 0 Å². The van der Waals surface area contributed by atoms with Crippen molar-refractivity contribution >= 4 is 15.8 Å². The zero-order chi connectivity index (χ0) is 20.7. The van der Waals surface area contributed by atoms with Gasteiger partial charge in [-0.05, 0) is 55.1 Å². The van der Waals surface area contributed by atoms with Crippen LogP contribution in [-0.4, -0.2) is 58.3 Å². The molecule has 1 fully saturated rings. The van der Waals surface area contributed by atoms with Gasteiger partial charge in [0.15, 0.2) is 15.8 Å². The maximum absolute atomic E-state index is 13.7.